The molecule has 1 heterocycles. The molecule has 2 aromatic carbocycles. The van der Waals surface area contributed by atoms with E-state index in [0.29, 0.717) is 19.5 Å². The molecule has 7 heteroatoms. The van der Waals surface area contributed by atoms with E-state index in [1.165, 1.54) is 17.0 Å². The number of amides is 3. The molecular formula is C25H31FN4O2. The van der Waals surface area contributed by atoms with Crippen molar-refractivity contribution in [3.05, 3.63) is 71.7 Å². The lowest BCUT2D eigenvalue weighted by Crippen LogP contribution is -2.49. The highest BCUT2D eigenvalue weighted by atomic mass is 19.1. The highest BCUT2D eigenvalue weighted by molar-refractivity contribution is 5.85. The number of rotatable bonds is 8. The molecule has 3 rings (SSSR count). The van der Waals surface area contributed by atoms with Gasteiger partial charge in [0.15, 0.2) is 0 Å². The number of H-pyrrole nitrogens is 1. The predicted molar refractivity (Wildman–Crippen MR) is 125 cm³/mol. The summed E-state index contributed by atoms with van der Waals surface area (Å²) in [6.07, 6.45) is 2.64. The Bertz CT molecular complexity index is 1060. The molecule has 170 valence electrons. The lowest BCUT2D eigenvalue weighted by Gasteiger charge is -2.32. The zero-order chi connectivity index (χ0) is 23.3. The minimum atomic E-state index is -0.312. The van der Waals surface area contributed by atoms with E-state index in [-0.39, 0.29) is 30.3 Å². The Morgan fingerprint density at radius 1 is 1.03 bits per heavy atom. The van der Waals surface area contributed by atoms with Crippen molar-refractivity contribution >= 4 is 22.8 Å². The highest BCUT2D eigenvalue weighted by Gasteiger charge is 2.25. The van der Waals surface area contributed by atoms with Gasteiger partial charge in [-0.05, 0) is 49.6 Å². The van der Waals surface area contributed by atoms with Crippen molar-refractivity contribution in [2.24, 2.45) is 0 Å². The third-order valence-corrected chi connectivity index (χ3v) is 5.52. The number of benzene rings is 2. The van der Waals surface area contributed by atoms with Crippen molar-refractivity contribution in [3.8, 4) is 0 Å². The molecule has 1 aromatic heterocycles. The van der Waals surface area contributed by atoms with Gasteiger partial charge in [-0.15, -0.1) is 0 Å². The summed E-state index contributed by atoms with van der Waals surface area (Å²) >= 11 is 0. The van der Waals surface area contributed by atoms with E-state index < -0.39 is 0 Å². The molecular weight excluding hydrogens is 407 g/mol. The number of aromatic nitrogens is 1. The number of carbonyl (C=O) groups is 2. The van der Waals surface area contributed by atoms with E-state index in [4.69, 9.17) is 0 Å². The second-order valence-electron chi connectivity index (χ2n) is 8.45. The predicted octanol–water partition coefficient (Wildman–Crippen LogP) is 4.27. The van der Waals surface area contributed by atoms with Gasteiger partial charge >= 0.3 is 6.03 Å². The van der Waals surface area contributed by atoms with Gasteiger partial charge in [-0.2, -0.15) is 0 Å². The first-order valence-corrected chi connectivity index (χ1v) is 10.8. The van der Waals surface area contributed by atoms with Crippen LogP contribution in [-0.4, -0.2) is 64.8 Å². The van der Waals surface area contributed by atoms with Crippen LogP contribution in [-0.2, 0) is 17.8 Å². The molecule has 0 unspecified atom stereocenters. The largest absolute Gasteiger partial charge is 0.361 e. The van der Waals surface area contributed by atoms with Gasteiger partial charge in [-0.1, -0.05) is 30.3 Å². The van der Waals surface area contributed by atoms with E-state index in [0.717, 1.165) is 22.0 Å². The molecule has 1 N–H and O–H groups in total. The van der Waals surface area contributed by atoms with Crippen LogP contribution in [0.3, 0.4) is 0 Å². The molecule has 0 aliphatic heterocycles. The average Bonchev–Trinajstić information content (AvgIpc) is 3.18. The normalized spacial score (nSPS) is 11.1. The highest BCUT2D eigenvalue weighted by Crippen LogP contribution is 2.19. The Morgan fingerprint density at radius 2 is 1.72 bits per heavy atom. The molecule has 0 atom stereocenters. The summed E-state index contributed by atoms with van der Waals surface area (Å²) in [5.74, 6) is -0.453. The maximum absolute atomic E-state index is 13.4. The molecule has 0 bridgehead atoms. The summed E-state index contributed by atoms with van der Waals surface area (Å²) in [7, 11) is 3.35. The molecule has 0 aliphatic carbocycles. The first-order chi connectivity index (χ1) is 15.3. The smallest absolute Gasteiger partial charge is 0.320 e. The van der Waals surface area contributed by atoms with E-state index in [1.54, 1.807) is 36.0 Å². The summed E-state index contributed by atoms with van der Waals surface area (Å²) < 4.78 is 13.4. The Kier molecular flexibility index (Phi) is 7.51. The van der Waals surface area contributed by atoms with Crippen molar-refractivity contribution in [2.75, 3.05) is 27.2 Å². The number of hydrogen-bond donors (Lipinski definition) is 1. The van der Waals surface area contributed by atoms with Gasteiger partial charge in [0.1, 0.15) is 12.4 Å². The van der Waals surface area contributed by atoms with E-state index in [2.05, 4.69) is 11.1 Å². The minimum absolute atomic E-state index is 0.0102. The summed E-state index contributed by atoms with van der Waals surface area (Å²) in [6.45, 7) is 4.61. The number of carbonyl (C=O) groups excluding carboxylic acids is 2. The fourth-order valence-electron chi connectivity index (χ4n) is 3.67. The van der Waals surface area contributed by atoms with Gasteiger partial charge in [-0.3, -0.25) is 4.79 Å². The number of halogens is 1. The van der Waals surface area contributed by atoms with Gasteiger partial charge in [0.25, 0.3) is 0 Å². The summed E-state index contributed by atoms with van der Waals surface area (Å²) in [5.41, 5.74) is 3.03. The van der Waals surface area contributed by atoms with Gasteiger partial charge in [0.2, 0.25) is 5.91 Å². The fourth-order valence-corrected chi connectivity index (χ4v) is 3.67. The molecule has 3 amide bonds. The van der Waals surface area contributed by atoms with Crippen LogP contribution in [0, 0.1) is 5.82 Å². The van der Waals surface area contributed by atoms with Gasteiger partial charge in [0, 0.05) is 50.3 Å². The SMILES string of the molecule is CC(C)N(CC(=O)N(CCc1c[nH]c2ccccc12)Cc1ccc(F)cc1)C(=O)N(C)C. The average molecular weight is 439 g/mol. The quantitative estimate of drug-likeness (QED) is 0.571. The van der Waals surface area contributed by atoms with Crippen LogP contribution in [0.1, 0.15) is 25.0 Å². The molecule has 0 fully saturated rings. The van der Waals surface area contributed by atoms with Crippen LogP contribution in [0.4, 0.5) is 9.18 Å². The number of nitrogens with one attached hydrogen (secondary N) is 1. The van der Waals surface area contributed by atoms with Gasteiger partial charge < -0.3 is 19.7 Å². The van der Waals surface area contributed by atoms with Crippen molar-refractivity contribution < 1.29 is 14.0 Å². The number of urea groups is 1. The van der Waals surface area contributed by atoms with E-state index in [9.17, 15) is 14.0 Å². The maximum atomic E-state index is 13.4. The Labute approximate surface area is 188 Å². The van der Waals surface area contributed by atoms with Crippen LogP contribution in [0.25, 0.3) is 10.9 Å². The first-order valence-electron chi connectivity index (χ1n) is 10.8. The minimum Gasteiger partial charge on any atom is -0.361 e. The number of aromatic amines is 1. The maximum Gasteiger partial charge on any atom is 0.320 e. The monoisotopic (exact) mass is 438 g/mol. The lowest BCUT2D eigenvalue weighted by atomic mass is 10.1. The zero-order valence-electron chi connectivity index (χ0n) is 19.1. The Hall–Kier alpha value is -3.35. The van der Waals surface area contributed by atoms with Gasteiger partial charge in [0.05, 0.1) is 0 Å². The summed E-state index contributed by atoms with van der Waals surface area (Å²) in [5, 5.41) is 1.13. The molecule has 32 heavy (non-hydrogen) atoms. The standard InChI is InChI=1S/C25H31FN4O2/c1-18(2)30(25(32)28(3)4)17-24(31)29(16-19-9-11-21(26)12-10-19)14-13-20-15-27-23-8-6-5-7-22(20)23/h5-12,15,18,27H,13-14,16-17H2,1-4H3. The zero-order valence-corrected chi connectivity index (χ0v) is 19.1. The molecule has 6 nitrogen and oxygen atoms in total. The van der Waals surface area contributed by atoms with Crippen LogP contribution >= 0.6 is 0 Å². The number of para-hydroxylation sites is 1. The lowest BCUT2D eigenvalue weighted by molar-refractivity contribution is -0.132. The summed E-state index contributed by atoms with van der Waals surface area (Å²) in [4.78, 5) is 33.9. The molecule has 0 radical (unpaired) electrons. The third-order valence-electron chi connectivity index (χ3n) is 5.52. The third kappa shape index (κ3) is 5.66. The summed E-state index contributed by atoms with van der Waals surface area (Å²) in [6, 6.07) is 13.9. The van der Waals surface area contributed by atoms with Crippen molar-refractivity contribution in [2.45, 2.75) is 32.9 Å². The molecule has 0 spiro atoms. The second kappa shape index (κ2) is 10.3. The van der Waals surface area contributed by atoms with Crippen LogP contribution in [0.15, 0.2) is 54.7 Å². The number of hydrogen-bond acceptors (Lipinski definition) is 2. The second-order valence-corrected chi connectivity index (χ2v) is 8.45. The molecule has 3 aromatic rings. The molecule has 0 saturated carbocycles. The number of fused-ring (bicyclic) bond motifs is 1. The number of nitrogens with zero attached hydrogens (tertiary/aromatic N) is 3. The van der Waals surface area contributed by atoms with Crippen molar-refractivity contribution in [3.63, 3.8) is 0 Å². The van der Waals surface area contributed by atoms with Crippen LogP contribution in [0.2, 0.25) is 0 Å². The molecule has 0 saturated heterocycles. The van der Waals surface area contributed by atoms with Crippen molar-refractivity contribution in [1.82, 2.24) is 19.7 Å². The van der Waals surface area contributed by atoms with Crippen molar-refractivity contribution in [1.29, 1.82) is 0 Å². The van der Waals surface area contributed by atoms with Crippen LogP contribution in [0.5, 0.6) is 0 Å². The van der Waals surface area contributed by atoms with E-state index in [1.807, 2.05) is 38.2 Å². The Morgan fingerprint density at radius 3 is 2.38 bits per heavy atom. The fraction of sp³-hybridized carbons (Fsp3) is 0.360. The van der Waals surface area contributed by atoms with Crippen LogP contribution < -0.4 is 0 Å². The topological polar surface area (TPSA) is 59.7 Å². The van der Waals surface area contributed by atoms with Gasteiger partial charge in [-0.25, -0.2) is 9.18 Å². The first kappa shape index (κ1) is 23.3. The Balaban J connectivity index is 1.79. The van der Waals surface area contributed by atoms with E-state index >= 15 is 0 Å². The molecule has 0 aliphatic rings.